The van der Waals surface area contributed by atoms with E-state index in [-0.39, 0.29) is 23.5 Å². The molecule has 4 rings (SSSR count). The average Bonchev–Trinajstić information content (AvgIpc) is 2.43. The Balaban J connectivity index is 1.88. The van der Waals surface area contributed by atoms with Gasteiger partial charge in [-0.25, -0.2) is 4.79 Å². The minimum atomic E-state index is -0.502. The van der Waals surface area contributed by atoms with Crippen LogP contribution in [0.25, 0.3) is 0 Å². The summed E-state index contributed by atoms with van der Waals surface area (Å²) in [6, 6.07) is 6.63. The third kappa shape index (κ3) is 3.04. The molecule has 2 bridgehead atoms. The van der Waals surface area contributed by atoms with Crippen molar-refractivity contribution in [2.24, 2.45) is 5.41 Å². The van der Waals surface area contributed by atoms with Crippen LogP contribution in [0.2, 0.25) is 0 Å². The molecule has 3 aliphatic rings. The fourth-order valence-electron chi connectivity index (χ4n) is 4.63. The summed E-state index contributed by atoms with van der Waals surface area (Å²) in [4.78, 5) is 14.4. The zero-order valence-corrected chi connectivity index (χ0v) is 15.5. The first kappa shape index (κ1) is 17.3. The van der Waals surface area contributed by atoms with Gasteiger partial charge in [0.05, 0.1) is 6.61 Å². The van der Waals surface area contributed by atoms with Crippen LogP contribution in [0.4, 0.5) is 4.79 Å². The highest BCUT2D eigenvalue weighted by Gasteiger charge is 2.61. The maximum absolute atomic E-state index is 12.6. The summed E-state index contributed by atoms with van der Waals surface area (Å²) in [6.45, 7) is 11.3. The van der Waals surface area contributed by atoms with Crippen molar-refractivity contribution in [2.75, 3.05) is 19.7 Å². The summed E-state index contributed by atoms with van der Waals surface area (Å²) in [7, 11) is 0. The lowest BCUT2D eigenvalue weighted by Crippen LogP contribution is -2.67. The molecule has 24 heavy (non-hydrogen) atoms. The van der Waals surface area contributed by atoms with Gasteiger partial charge in [-0.05, 0) is 53.0 Å². The minimum Gasteiger partial charge on any atom is -0.444 e. The van der Waals surface area contributed by atoms with Crippen molar-refractivity contribution in [3.8, 4) is 0 Å². The maximum Gasteiger partial charge on any atom is 0.410 e. The molecule has 1 aromatic rings. The number of ether oxygens (including phenoxy) is 1. The van der Waals surface area contributed by atoms with Crippen LogP contribution >= 0.6 is 0 Å². The molecule has 2 saturated heterocycles. The summed E-state index contributed by atoms with van der Waals surface area (Å²) in [6.07, 6.45) is 1.62. The van der Waals surface area contributed by atoms with E-state index < -0.39 is 5.60 Å². The molecule has 1 N–H and O–H groups in total. The van der Waals surface area contributed by atoms with Gasteiger partial charge in [0.2, 0.25) is 0 Å². The fraction of sp³-hybridized carbons (Fsp3) is 0.650. The number of aliphatic hydroxyl groups excluding tert-OH is 1. The van der Waals surface area contributed by atoms with E-state index in [1.807, 2.05) is 20.8 Å². The smallest absolute Gasteiger partial charge is 0.410 e. The topological polar surface area (TPSA) is 49.8 Å². The summed E-state index contributed by atoms with van der Waals surface area (Å²) >= 11 is 0. The molecule has 4 nitrogen and oxygen atoms in total. The number of aryl methyl sites for hydroxylation is 2. The molecular formula is C20H29NO3. The van der Waals surface area contributed by atoms with Crippen LogP contribution in [0.3, 0.4) is 0 Å². The fourth-order valence-corrected chi connectivity index (χ4v) is 4.63. The molecule has 0 unspecified atom stereocenters. The van der Waals surface area contributed by atoms with E-state index >= 15 is 0 Å². The van der Waals surface area contributed by atoms with E-state index in [0.717, 1.165) is 12.8 Å². The van der Waals surface area contributed by atoms with Crippen LogP contribution in [-0.4, -0.2) is 41.4 Å². The predicted octanol–water partition coefficient (Wildman–Crippen LogP) is 3.56. The molecule has 0 radical (unpaired) electrons. The van der Waals surface area contributed by atoms with Crippen LogP contribution in [0.1, 0.15) is 50.3 Å². The first-order valence-electron chi connectivity index (χ1n) is 8.74. The molecule has 2 heterocycles. The largest absolute Gasteiger partial charge is 0.444 e. The Morgan fingerprint density at radius 3 is 2.25 bits per heavy atom. The molecule has 1 amide bonds. The third-order valence-corrected chi connectivity index (χ3v) is 5.27. The normalized spacial score (nSPS) is 29.2. The number of hydrogen-bond donors (Lipinski definition) is 1. The second-order valence-corrected chi connectivity index (χ2v) is 9.00. The first-order valence-corrected chi connectivity index (χ1v) is 8.74. The lowest BCUT2D eigenvalue weighted by Gasteiger charge is -2.63. The monoisotopic (exact) mass is 331 g/mol. The van der Waals surface area contributed by atoms with Gasteiger partial charge in [0.15, 0.2) is 0 Å². The van der Waals surface area contributed by atoms with E-state index in [1.54, 1.807) is 4.90 Å². The van der Waals surface area contributed by atoms with Crippen molar-refractivity contribution >= 4 is 6.09 Å². The van der Waals surface area contributed by atoms with Gasteiger partial charge in [0.25, 0.3) is 0 Å². The first-order chi connectivity index (χ1) is 11.1. The molecule has 1 aliphatic carbocycles. The molecule has 1 aromatic carbocycles. The Kier molecular flexibility index (Phi) is 3.95. The van der Waals surface area contributed by atoms with Gasteiger partial charge in [0.1, 0.15) is 5.60 Å². The summed E-state index contributed by atoms with van der Waals surface area (Å²) in [5, 5.41) is 9.91. The van der Waals surface area contributed by atoms with Gasteiger partial charge < -0.3 is 14.7 Å². The average molecular weight is 331 g/mol. The van der Waals surface area contributed by atoms with Crippen LogP contribution < -0.4 is 0 Å². The minimum absolute atomic E-state index is 0.0470. The van der Waals surface area contributed by atoms with Crippen LogP contribution in [0.15, 0.2) is 18.2 Å². The molecule has 1 saturated carbocycles. The van der Waals surface area contributed by atoms with Crippen molar-refractivity contribution in [3.05, 3.63) is 34.9 Å². The summed E-state index contributed by atoms with van der Waals surface area (Å²) < 4.78 is 5.57. The van der Waals surface area contributed by atoms with E-state index in [4.69, 9.17) is 4.74 Å². The number of carbonyl (C=O) groups is 1. The zero-order chi connectivity index (χ0) is 17.8. The van der Waals surface area contributed by atoms with Gasteiger partial charge in [-0.2, -0.15) is 0 Å². The lowest BCUT2D eigenvalue weighted by atomic mass is 9.48. The Hall–Kier alpha value is -1.55. The number of benzene rings is 1. The Morgan fingerprint density at radius 2 is 1.75 bits per heavy atom. The van der Waals surface area contributed by atoms with Crippen molar-refractivity contribution in [1.82, 2.24) is 4.90 Å². The number of aliphatic hydroxyl groups is 1. The molecule has 0 spiro atoms. The van der Waals surface area contributed by atoms with E-state index in [2.05, 4.69) is 32.0 Å². The highest BCUT2D eigenvalue weighted by atomic mass is 16.6. The number of piperidine rings is 2. The maximum atomic E-state index is 12.6. The number of nitrogens with zero attached hydrogens (tertiary/aromatic N) is 1. The number of carbonyl (C=O) groups excluding carboxylic acids is 1. The molecule has 4 heteroatoms. The number of amides is 1. The molecule has 3 fully saturated rings. The second kappa shape index (κ2) is 5.48. The van der Waals surface area contributed by atoms with Gasteiger partial charge in [-0.15, -0.1) is 0 Å². The Morgan fingerprint density at radius 1 is 1.17 bits per heavy atom. The van der Waals surface area contributed by atoms with Gasteiger partial charge in [-0.3, -0.25) is 0 Å². The highest BCUT2D eigenvalue weighted by molar-refractivity contribution is 5.69. The van der Waals surface area contributed by atoms with Crippen molar-refractivity contribution < 1.29 is 14.6 Å². The van der Waals surface area contributed by atoms with Crippen molar-refractivity contribution in [2.45, 2.75) is 58.5 Å². The van der Waals surface area contributed by atoms with Crippen LogP contribution in [0.5, 0.6) is 0 Å². The summed E-state index contributed by atoms with van der Waals surface area (Å²) in [5.41, 5.74) is 3.06. The van der Waals surface area contributed by atoms with Crippen molar-refractivity contribution in [1.29, 1.82) is 0 Å². The Bertz CT molecular complexity index is 633. The lowest BCUT2D eigenvalue weighted by molar-refractivity contribution is -0.112. The van der Waals surface area contributed by atoms with Gasteiger partial charge in [0, 0.05) is 23.9 Å². The SMILES string of the molecule is Cc1cc(C)cc(C23CN(C(=O)OC(C)(C)C)CC(CO)(C2)C3)c1. The molecule has 0 aromatic heterocycles. The third-order valence-electron chi connectivity index (χ3n) is 5.27. The van der Waals surface area contributed by atoms with E-state index in [9.17, 15) is 9.90 Å². The van der Waals surface area contributed by atoms with E-state index in [0.29, 0.717) is 13.1 Å². The van der Waals surface area contributed by atoms with Crippen LogP contribution in [-0.2, 0) is 10.2 Å². The molecule has 0 atom stereocenters. The van der Waals surface area contributed by atoms with Crippen molar-refractivity contribution in [3.63, 3.8) is 0 Å². The predicted molar refractivity (Wildman–Crippen MR) is 94.2 cm³/mol. The van der Waals surface area contributed by atoms with Gasteiger partial charge >= 0.3 is 6.09 Å². The van der Waals surface area contributed by atoms with Gasteiger partial charge in [-0.1, -0.05) is 29.3 Å². The molecular weight excluding hydrogens is 302 g/mol. The van der Waals surface area contributed by atoms with E-state index in [1.165, 1.54) is 16.7 Å². The highest BCUT2D eigenvalue weighted by Crippen LogP contribution is 2.59. The van der Waals surface area contributed by atoms with Crippen LogP contribution in [0, 0.1) is 19.3 Å². The number of rotatable bonds is 2. The standard InChI is InChI=1S/C20H29NO3/c1-14-6-15(2)8-16(7-14)20-9-19(10-20,13-22)11-21(12-20)17(23)24-18(3,4)5/h6-8,22H,9-13H2,1-5H3. The Labute approximate surface area is 144 Å². The number of fused-ring (bicyclic) bond motifs is 2. The summed E-state index contributed by atoms with van der Waals surface area (Å²) in [5.74, 6) is 0. The second-order valence-electron chi connectivity index (χ2n) is 9.00. The molecule has 2 aliphatic heterocycles. The molecule has 132 valence electrons. The number of hydrogen-bond acceptors (Lipinski definition) is 3. The quantitative estimate of drug-likeness (QED) is 0.901. The zero-order valence-electron chi connectivity index (χ0n) is 15.5.